The zero-order chi connectivity index (χ0) is 10.1. The third-order valence-electron chi connectivity index (χ3n) is 3.25. The van der Waals surface area contributed by atoms with Crippen LogP contribution in [0.2, 0.25) is 0 Å². The Kier molecular flexibility index (Phi) is 2.36. The lowest BCUT2D eigenvalue weighted by atomic mass is 9.81. The maximum Gasteiger partial charge on any atom is 0.111 e. The highest BCUT2D eigenvalue weighted by atomic mass is 16.3. The minimum absolute atomic E-state index is 0.584. The molecule has 0 fully saturated rings. The quantitative estimate of drug-likeness (QED) is 0.617. The summed E-state index contributed by atoms with van der Waals surface area (Å²) in [5.41, 5.74) is 4.48. The predicted molar refractivity (Wildman–Crippen MR) is 58.0 cm³/mol. The van der Waals surface area contributed by atoms with Gasteiger partial charge < -0.3 is 0 Å². The highest BCUT2D eigenvalue weighted by molar-refractivity contribution is 5.54. The van der Waals surface area contributed by atoms with Crippen LogP contribution in [-0.2, 0) is 6.42 Å². The van der Waals surface area contributed by atoms with Gasteiger partial charge in [0.25, 0.3) is 0 Å². The van der Waals surface area contributed by atoms with Gasteiger partial charge in [0.05, 0.1) is 0 Å². The van der Waals surface area contributed by atoms with Gasteiger partial charge in [-0.05, 0) is 60.0 Å². The number of hydrogen-bond acceptors (Lipinski definition) is 2. The van der Waals surface area contributed by atoms with Crippen LogP contribution in [0.3, 0.4) is 0 Å². The van der Waals surface area contributed by atoms with Crippen molar-refractivity contribution in [2.45, 2.75) is 39.0 Å². The van der Waals surface area contributed by atoms with Gasteiger partial charge in [0.15, 0.2) is 0 Å². The Morgan fingerprint density at radius 1 is 1.43 bits per heavy atom. The van der Waals surface area contributed by atoms with Crippen molar-refractivity contribution in [2.24, 2.45) is 5.18 Å². The Morgan fingerprint density at radius 2 is 2.21 bits per heavy atom. The largest absolute Gasteiger partial charge is 0.145 e. The van der Waals surface area contributed by atoms with Gasteiger partial charge in [-0.1, -0.05) is 13.0 Å². The first-order chi connectivity index (χ1) is 6.74. The average molecular weight is 189 g/mol. The first kappa shape index (κ1) is 9.38. The van der Waals surface area contributed by atoms with Gasteiger partial charge in [0.1, 0.15) is 5.69 Å². The van der Waals surface area contributed by atoms with E-state index in [9.17, 15) is 4.91 Å². The number of benzene rings is 1. The van der Waals surface area contributed by atoms with Crippen LogP contribution in [0.15, 0.2) is 17.3 Å². The highest BCUT2D eigenvalue weighted by Crippen LogP contribution is 2.37. The molecule has 2 nitrogen and oxygen atoms in total. The Hall–Kier alpha value is -1.18. The molecule has 0 saturated heterocycles. The predicted octanol–water partition coefficient (Wildman–Crippen LogP) is 3.83. The van der Waals surface area contributed by atoms with Crippen molar-refractivity contribution in [3.8, 4) is 0 Å². The first-order valence-electron chi connectivity index (χ1n) is 5.19. The van der Waals surface area contributed by atoms with Gasteiger partial charge in [0, 0.05) is 0 Å². The SMILES string of the molecule is Cc1c(N=O)ccc2c1C(C)CCC2. The van der Waals surface area contributed by atoms with E-state index < -0.39 is 0 Å². The number of rotatable bonds is 1. The molecule has 1 aliphatic rings. The number of nitroso groups, excluding NO2 is 1. The van der Waals surface area contributed by atoms with Gasteiger partial charge >= 0.3 is 0 Å². The smallest absolute Gasteiger partial charge is 0.111 e. The maximum atomic E-state index is 10.6. The molecule has 1 aromatic rings. The maximum absolute atomic E-state index is 10.6. The molecular weight excluding hydrogens is 174 g/mol. The topological polar surface area (TPSA) is 29.4 Å². The van der Waals surface area contributed by atoms with E-state index >= 15 is 0 Å². The normalized spacial score (nSPS) is 20.3. The number of hydrogen-bond donors (Lipinski definition) is 0. The van der Waals surface area contributed by atoms with Gasteiger partial charge in [0.2, 0.25) is 0 Å². The molecule has 1 aliphatic carbocycles. The minimum atomic E-state index is 0.584. The number of aryl methyl sites for hydroxylation is 1. The summed E-state index contributed by atoms with van der Waals surface area (Å²) in [5, 5.41) is 3.06. The van der Waals surface area contributed by atoms with Crippen LogP contribution in [0.4, 0.5) is 5.69 Å². The molecular formula is C12H15NO. The standard InChI is InChI=1S/C12H15NO/c1-8-4-3-5-10-6-7-11(13-14)9(2)12(8)10/h6-8H,3-5H2,1-2H3. The van der Waals surface area contributed by atoms with Crippen LogP contribution in [0.1, 0.15) is 42.4 Å². The summed E-state index contributed by atoms with van der Waals surface area (Å²) in [6.45, 7) is 4.25. The summed E-state index contributed by atoms with van der Waals surface area (Å²) in [6, 6.07) is 3.91. The van der Waals surface area contributed by atoms with E-state index in [0.717, 1.165) is 12.0 Å². The van der Waals surface area contributed by atoms with Crippen LogP contribution in [0, 0.1) is 11.8 Å². The van der Waals surface area contributed by atoms with E-state index in [0.29, 0.717) is 11.6 Å². The Labute approximate surface area is 84.3 Å². The summed E-state index contributed by atoms with van der Waals surface area (Å²) in [5.74, 6) is 0.584. The van der Waals surface area contributed by atoms with Gasteiger partial charge in [-0.3, -0.25) is 0 Å². The monoisotopic (exact) mass is 189 g/mol. The van der Waals surface area contributed by atoms with Crippen molar-refractivity contribution in [3.05, 3.63) is 33.7 Å². The third-order valence-corrected chi connectivity index (χ3v) is 3.25. The van der Waals surface area contributed by atoms with Gasteiger partial charge in [-0.2, -0.15) is 0 Å². The lowest BCUT2D eigenvalue weighted by Gasteiger charge is -2.24. The molecule has 0 heterocycles. The molecule has 0 radical (unpaired) electrons. The van der Waals surface area contributed by atoms with Crippen molar-refractivity contribution >= 4 is 5.69 Å². The summed E-state index contributed by atoms with van der Waals surface area (Å²) in [4.78, 5) is 10.6. The average Bonchev–Trinajstić information content (AvgIpc) is 2.18. The molecule has 0 aliphatic heterocycles. The third kappa shape index (κ3) is 1.35. The first-order valence-corrected chi connectivity index (χ1v) is 5.19. The summed E-state index contributed by atoms with van der Waals surface area (Å²) in [6.07, 6.45) is 3.65. The molecule has 0 N–H and O–H groups in total. The zero-order valence-electron chi connectivity index (χ0n) is 8.71. The lowest BCUT2D eigenvalue weighted by molar-refractivity contribution is 0.587. The second-order valence-electron chi connectivity index (χ2n) is 4.17. The fraction of sp³-hybridized carbons (Fsp3) is 0.500. The van der Waals surface area contributed by atoms with Crippen molar-refractivity contribution in [2.75, 3.05) is 0 Å². The lowest BCUT2D eigenvalue weighted by Crippen LogP contribution is -2.08. The highest BCUT2D eigenvalue weighted by Gasteiger charge is 2.19. The molecule has 1 unspecified atom stereocenters. The molecule has 14 heavy (non-hydrogen) atoms. The molecule has 0 saturated carbocycles. The second-order valence-corrected chi connectivity index (χ2v) is 4.17. The van der Waals surface area contributed by atoms with E-state index in [1.807, 2.05) is 13.0 Å². The van der Waals surface area contributed by atoms with E-state index in [-0.39, 0.29) is 0 Å². The number of fused-ring (bicyclic) bond motifs is 1. The fourth-order valence-corrected chi connectivity index (χ4v) is 2.52. The molecule has 1 aromatic carbocycles. The van der Waals surface area contributed by atoms with Crippen molar-refractivity contribution < 1.29 is 0 Å². The van der Waals surface area contributed by atoms with E-state index in [2.05, 4.69) is 18.2 Å². The van der Waals surface area contributed by atoms with Crippen LogP contribution in [-0.4, -0.2) is 0 Å². The van der Waals surface area contributed by atoms with Crippen LogP contribution < -0.4 is 0 Å². The number of nitrogens with zero attached hydrogens (tertiary/aromatic N) is 1. The molecule has 2 rings (SSSR count). The summed E-state index contributed by atoms with van der Waals surface area (Å²) < 4.78 is 0. The van der Waals surface area contributed by atoms with E-state index in [4.69, 9.17) is 0 Å². The van der Waals surface area contributed by atoms with E-state index in [1.54, 1.807) is 0 Å². The van der Waals surface area contributed by atoms with Gasteiger partial charge in [-0.25, -0.2) is 0 Å². The fourth-order valence-electron chi connectivity index (χ4n) is 2.52. The Bertz CT molecular complexity index is 371. The summed E-state index contributed by atoms with van der Waals surface area (Å²) >= 11 is 0. The van der Waals surface area contributed by atoms with Crippen molar-refractivity contribution in [3.63, 3.8) is 0 Å². The van der Waals surface area contributed by atoms with Crippen LogP contribution in [0.25, 0.3) is 0 Å². The molecule has 0 bridgehead atoms. The van der Waals surface area contributed by atoms with Crippen LogP contribution >= 0.6 is 0 Å². The van der Waals surface area contributed by atoms with Gasteiger partial charge in [-0.15, -0.1) is 4.91 Å². The molecule has 0 amide bonds. The van der Waals surface area contributed by atoms with Crippen LogP contribution in [0.5, 0.6) is 0 Å². The minimum Gasteiger partial charge on any atom is -0.145 e. The second kappa shape index (κ2) is 3.52. The Morgan fingerprint density at radius 3 is 2.93 bits per heavy atom. The molecule has 0 spiro atoms. The molecule has 74 valence electrons. The molecule has 1 atom stereocenters. The summed E-state index contributed by atoms with van der Waals surface area (Å²) in [7, 11) is 0. The Balaban J connectivity index is 2.59. The van der Waals surface area contributed by atoms with Crippen molar-refractivity contribution in [1.82, 2.24) is 0 Å². The van der Waals surface area contributed by atoms with E-state index in [1.165, 1.54) is 24.0 Å². The molecule has 0 aromatic heterocycles. The zero-order valence-corrected chi connectivity index (χ0v) is 8.71. The molecule has 2 heteroatoms. The van der Waals surface area contributed by atoms with Crippen molar-refractivity contribution in [1.29, 1.82) is 0 Å².